The van der Waals surface area contributed by atoms with Crippen LogP contribution in [-0.2, 0) is 0 Å². The van der Waals surface area contributed by atoms with Gasteiger partial charge in [0.15, 0.2) is 0 Å². The third-order valence-corrected chi connectivity index (χ3v) is 3.58. The highest BCUT2D eigenvalue weighted by molar-refractivity contribution is 5.94. The topological polar surface area (TPSA) is 63.5 Å². The van der Waals surface area contributed by atoms with Crippen molar-refractivity contribution in [3.63, 3.8) is 0 Å². The first-order valence-electron chi connectivity index (χ1n) is 6.67. The van der Waals surface area contributed by atoms with E-state index in [1.165, 1.54) is 41.3 Å². The van der Waals surface area contributed by atoms with Gasteiger partial charge in [-0.05, 0) is 36.8 Å². The fourth-order valence-corrected chi connectivity index (χ4v) is 2.07. The van der Waals surface area contributed by atoms with Crippen LogP contribution in [0.1, 0.15) is 28.9 Å². The Morgan fingerprint density at radius 1 is 1.14 bits per heavy atom. The number of nitrogens with zero attached hydrogens (tertiary/aromatic N) is 2. The van der Waals surface area contributed by atoms with Crippen LogP contribution < -0.4 is 0 Å². The molecule has 0 N–H and O–H groups in total. The average Bonchev–Trinajstić information content (AvgIpc) is 2.53. The quantitative estimate of drug-likeness (QED) is 0.640. The molecule has 0 fully saturated rings. The molecule has 0 heterocycles. The van der Waals surface area contributed by atoms with E-state index < -0.39 is 4.92 Å². The number of halogens is 1. The van der Waals surface area contributed by atoms with E-state index >= 15 is 0 Å². The van der Waals surface area contributed by atoms with Crippen LogP contribution in [0.4, 0.5) is 10.1 Å². The number of rotatable bonds is 4. The largest absolute Gasteiger partial charge is 0.335 e. The number of nitro benzene ring substituents is 1. The predicted octanol–water partition coefficient (Wildman–Crippen LogP) is 3.57. The van der Waals surface area contributed by atoms with Crippen molar-refractivity contribution in [2.24, 2.45) is 0 Å². The zero-order chi connectivity index (χ0) is 16.3. The number of nitro groups is 1. The summed E-state index contributed by atoms with van der Waals surface area (Å²) in [5.74, 6) is -0.591. The van der Waals surface area contributed by atoms with Crippen molar-refractivity contribution in [1.82, 2.24) is 4.90 Å². The van der Waals surface area contributed by atoms with E-state index in [0.29, 0.717) is 5.56 Å². The van der Waals surface area contributed by atoms with Crippen molar-refractivity contribution >= 4 is 11.6 Å². The molecule has 0 aliphatic rings. The lowest BCUT2D eigenvalue weighted by molar-refractivity contribution is -0.384. The summed E-state index contributed by atoms with van der Waals surface area (Å²) in [6, 6.07) is 11.1. The highest BCUT2D eigenvalue weighted by atomic mass is 19.1. The molecule has 1 atom stereocenters. The minimum Gasteiger partial charge on any atom is -0.335 e. The van der Waals surface area contributed by atoms with E-state index in [1.807, 2.05) is 6.92 Å². The summed E-state index contributed by atoms with van der Waals surface area (Å²) in [6.45, 7) is 1.83. The molecule has 1 amide bonds. The van der Waals surface area contributed by atoms with E-state index in [-0.39, 0.29) is 23.5 Å². The number of amides is 1. The summed E-state index contributed by atoms with van der Waals surface area (Å²) in [6.07, 6.45) is 0. The van der Waals surface area contributed by atoms with Gasteiger partial charge in [0.2, 0.25) is 0 Å². The van der Waals surface area contributed by atoms with E-state index in [2.05, 4.69) is 0 Å². The maximum atomic E-state index is 12.9. The summed E-state index contributed by atoms with van der Waals surface area (Å²) in [7, 11) is 1.64. The van der Waals surface area contributed by atoms with Crippen LogP contribution in [0.15, 0.2) is 48.5 Å². The molecule has 22 heavy (non-hydrogen) atoms. The van der Waals surface area contributed by atoms with Gasteiger partial charge in [-0.1, -0.05) is 12.1 Å². The molecule has 0 saturated carbocycles. The van der Waals surface area contributed by atoms with Gasteiger partial charge in [0.1, 0.15) is 5.82 Å². The molecule has 0 aromatic heterocycles. The van der Waals surface area contributed by atoms with Gasteiger partial charge in [0, 0.05) is 24.7 Å². The van der Waals surface area contributed by atoms with Crippen LogP contribution >= 0.6 is 0 Å². The number of hydrogen-bond acceptors (Lipinski definition) is 3. The smallest absolute Gasteiger partial charge is 0.269 e. The SMILES string of the molecule is CC(c1ccc(F)cc1)N(C)C(=O)c1ccc([N+](=O)[O-])cc1. The molecule has 2 aromatic carbocycles. The molecule has 0 saturated heterocycles. The second-order valence-electron chi connectivity index (χ2n) is 4.95. The second kappa shape index (κ2) is 6.34. The molecule has 2 rings (SSSR count). The van der Waals surface area contributed by atoms with Crippen LogP contribution in [-0.4, -0.2) is 22.8 Å². The van der Waals surface area contributed by atoms with Crippen LogP contribution in [0, 0.1) is 15.9 Å². The predicted molar refractivity (Wildman–Crippen MR) is 80.0 cm³/mol. The zero-order valence-corrected chi connectivity index (χ0v) is 12.2. The van der Waals surface area contributed by atoms with Crippen LogP contribution in [0.25, 0.3) is 0 Å². The molecule has 5 nitrogen and oxygen atoms in total. The molecular weight excluding hydrogens is 287 g/mol. The number of carbonyl (C=O) groups excluding carboxylic acids is 1. The Morgan fingerprint density at radius 3 is 2.18 bits per heavy atom. The van der Waals surface area contributed by atoms with Gasteiger partial charge in [-0.15, -0.1) is 0 Å². The normalized spacial score (nSPS) is 11.8. The molecular formula is C16H15FN2O3. The summed E-state index contributed by atoms with van der Waals surface area (Å²) in [5.41, 5.74) is 1.10. The fraction of sp³-hybridized carbons (Fsp3) is 0.188. The third kappa shape index (κ3) is 3.28. The van der Waals surface area contributed by atoms with Gasteiger partial charge in [-0.25, -0.2) is 4.39 Å². The number of non-ortho nitro benzene ring substituents is 1. The molecule has 0 aliphatic carbocycles. The standard InChI is InChI=1S/C16H15FN2O3/c1-11(12-3-7-14(17)8-4-12)18(2)16(20)13-5-9-15(10-6-13)19(21)22/h3-11H,1-2H3. The van der Waals surface area contributed by atoms with Crippen molar-refractivity contribution in [3.05, 3.63) is 75.6 Å². The van der Waals surface area contributed by atoms with Gasteiger partial charge < -0.3 is 4.90 Å². The third-order valence-electron chi connectivity index (χ3n) is 3.58. The molecule has 2 aromatic rings. The lowest BCUT2D eigenvalue weighted by Crippen LogP contribution is -2.29. The fourth-order valence-electron chi connectivity index (χ4n) is 2.07. The average molecular weight is 302 g/mol. The molecule has 0 bridgehead atoms. The van der Waals surface area contributed by atoms with Gasteiger partial charge in [0.05, 0.1) is 11.0 Å². The lowest BCUT2D eigenvalue weighted by Gasteiger charge is -2.25. The Bertz CT molecular complexity index is 684. The van der Waals surface area contributed by atoms with E-state index in [9.17, 15) is 19.3 Å². The van der Waals surface area contributed by atoms with Crippen molar-refractivity contribution in [3.8, 4) is 0 Å². The van der Waals surface area contributed by atoms with E-state index in [4.69, 9.17) is 0 Å². The van der Waals surface area contributed by atoms with Crippen molar-refractivity contribution in [1.29, 1.82) is 0 Å². The molecule has 0 radical (unpaired) electrons. The van der Waals surface area contributed by atoms with Crippen molar-refractivity contribution in [2.45, 2.75) is 13.0 Å². The summed E-state index contributed by atoms with van der Waals surface area (Å²) >= 11 is 0. The van der Waals surface area contributed by atoms with Crippen LogP contribution in [0.5, 0.6) is 0 Å². The first-order chi connectivity index (χ1) is 10.4. The number of hydrogen-bond donors (Lipinski definition) is 0. The molecule has 0 spiro atoms. The van der Waals surface area contributed by atoms with Gasteiger partial charge in [0.25, 0.3) is 11.6 Å². The summed E-state index contributed by atoms with van der Waals surface area (Å²) < 4.78 is 12.9. The maximum Gasteiger partial charge on any atom is 0.269 e. The van der Waals surface area contributed by atoms with Gasteiger partial charge in [-0.2, -0.15) is 0 Å². The minimum atomic E-state index is -0.515. The number of carbonyl (C=O) groups is 1. The maximum absolute atomic E-state index is 12.9. The first kappa shape index (κ1) is 15.6. The summed E-state index contributed by atoms with van der Waals surface area (Å²) in [5, 5.41) is 10.6. The Balaban J connectivity index is 2.17. The highest BCUT2D eigenvalue weighted by Crippen LogP contribution is 2.22. The van der Waals surface area contributed by atoms with Gasteiger partial charge in [-0.3, -0.25) is 14.9 Å². The molecule has 6 heteroatoms. The Kier molecular flexibility index (Phi) is 4.50. The zero-order valence-electron chi connectivity index (χ0n) is 12.2. The van der Waals surface area contributed by atoms with Crippen LogP contribution in [0.3, 0.4) is 0 Å². The van der Waals surface area contributed by atoms with E-state index in [0.717, 1.165) is 5.56 Å². The molecule has 0 aliphatic heterocycles. The van der Waals surface area contributed by atoms with Crippen molar-refractivity contribution < 1.29 is 14.1 Å². The number of benzene rings is 2. The minimum absolute atomic E-state index is 0.0641. The Morgan fingerprint density at radius 2 is 1.68 bits per heavy atom. The highest BCUT2D eigenvalue weighted by Gasteiger charge is 2.19. The lowest BCUT2D eigenvalue weighted by atomic mass is 10.1. The Hall–Kier alpha value is -2.76. The second-order valence-corrected chi connectivity index (χ2v) is 4.95. The van der Waals surface area contributed by atoms with Crippen molar-refractivity contribution in [2.75, 3.05) is 7.05 Å². The Labute approximate surface area is 127 Å². The van der Waals surface area contributed by atoms with Gasteiger partial charge >= 0.3 is 0 Å². The van der Waals surface area contributed by atoms with E-state index in [1.54, 1.807) is 19.2 Å². The molecule has 114 valence electrons. The molecule has 1 unspecified atom stereocenters. The summed E-state index contributed by atoms with van der Waals surface area (Å²) in [4.78, 5) is 24.0. The van der Waals surface area contributed by atoms with Crippen LogP contribution in [0.2, 0.25) is 0 Å². The monoisotopic (exact) mass is 302 g/mol. The first-order valence-corrected chi connectivity index (χ1v) is 6.67.